The fourth-order valence-corrected chi connectivity index (χ4v) is 1.99. The van der Waals surface area contributed by atoms with Crippen LogP contribution < -0.4 is 23.8 Å². The Labute approximate surface area is 118 Å². The first-order chi connectivity index (χ1) is 7.93. The average Bonchev–Trinajstić information content (AvgIpc) is 2.80. The van der Waals surface area contributed by atoms with Gasteiger partial charge in [-0.2, -0.15) is 0 Å². The van der Waals surface area contributed by atoms with Gasteiger partial charge in [0.1, 0.15) is 0 Å². The quantitative estimate of drug-likeness (QED) is 0.443. The van der Waals surface area contributed by atoms with Gasteiger partial charge in [-0.25, -0.2) is 0 Å². The van der Waals surface area contributed by atoms with Gasteiger partial charge in [-0.15, -0.1) is 0 Å². The van der Waals surface area contributed by atoms with Crippen molar-refractivity contribution < 1.29 is 18.9 Å². The van der Waals surface area contributed by atoms with Gasteiger partial charge in [0.15, 0.2) is 0 Å². The molecule has 2 nitrogen and oxygen atoms in total. The second-order valence-corrected chi connectivity index (χ2v) is 4.55. The third kappa shape index (κ3) is 9.50. The number of hydrogen-bond acceptors (Lipinski definition) is 1. The topological polar surface area (TPSA) is 27.0 Å². The van der Waals surface area contributed by atoms with Gasteiger partial charge in [0.25, 0.3) is 0 Å². The van der Waals surface area contributed by atoms with Crippen molar-refractivity contribution in [3.63, 3.8) is 0 Å². The zero-order chi connectivity index (χ0) is 11.5. The maximum Gasteiger partial charge on any atom is 1.00 e. The fourth-order valence-electron chi connectivity index (χ4n) is 1.99. The van der Waals surface area contributed by atoms with E-state index in [0.29, 0.717) is 0 Å². The zero-order valence-electron chi connectivity index (χ0n) is 11.6. The number of unbranched alkanes of at least 4 members (excludes halogenated alkanes) is 8. The molecule has 0 N–H and O–H groups in total. The molecular weight excluding hydrogens is 203 g/mol. The summed E-state index contributed by atoms with van der Waals surface area (Å²) in [5, 5.41) is 0. The minimum absolute atomic E-state index is 0. The fraction of sp³-hybridized carbons (Fsp3) is 0.786. The van der Waals surface area contributed by atoms with E-state index in [4.69, 9.17) is 0 Å². The molecule has 1 aromatic rings. The molecule has 0 saturated heterocycles. The molecule has 1 rings (SSSR count). The summed E-state index contributed by atoms with van der Waals surface area (Å²) in [6.07, 6.45) is 17.0. The monoisotopic (exact) mass is 228 g/mol. The Morgan fingerprint density at radius 3 is 2.06 bits per heavy atom. The number of hydrogen-bond donors (Lipinski definition) is 0. The van der Waals surface area contributed by atoms with Gasteiger partial charge in [0.2, 0.25) is 0 Å². The van der Waals surface area contributed by atoms with Crippen LogP contribution in [0.25, 0.3) is 0 Å². The van der Waals surface area contributed by atoms with Gasteiger partial charge in [-0.3, -0.25) is 0 Å². The van der Waals surface area contributed by atoms with Crippen molar-refractivity contribution in [1.82, 2.24) is 9.97 Å². The van der Waals surface area contributed by atoms with E-state index >= 15 is 0 Å². The maximum atomic E-state index is 4.17. The molecule has 0 aromatic carbocycles. The first-order valence-electron chi connectivity index (χ1n) is 6.86. The van der Waals surface area contributed by atoms with Crippen LogP contribution in [0.3, 0.4) is 0 Å². The molecule has 0 fully saturated rings. The zero-order valence-corrected chi connectivity index (χ0v) is 11.6. The van der Waals surface area contributed by atoms with Crippen molar-refractivity contribution >= 4 is 0 Å². The molecule has 0 saturated carbocycles. The second-order valence-electron chi connectivity index (χ2n) is 4.55. The van der Waals surface area contributed by atoms with Crippen LogP contribution in [0, 0.1) is 0 Å². The number of nitrogens with zero attached hydrogens (tertiary/aromatic N) is 2. The molecule has 0 aliphatic rings. The predicted octanol–water partition coefficient (Wildman–Crippen LogP) is 1.12. The van der Waals surface area contributed by atoms with E-state index in [1.807, 2.05) is 0 Å². The Morgan fingerprint density at radius 2 is 1.53 bits per heavy atom. The van der Waals surface area contributed by atoms with Crippen LogP contribution in [0.1, 0.15) is 70.5 Å². The molecule has 1 aromatic heterocycles. The predicted molar refractivity (Wildman–Crippen MR) is 68.5 cm³/mol. The first-order valence-corrected chi connectivity index (χ1v) is 6.86. The van der Waals surface area contributed by atoms with Crippen molar-refractivity contribution in [1.29, 1.82) is 0 Å². The smallest absolute Gasteiger partial charge is 0.446 e. The van der Waals surface area contributed by atoms with Crippen LogP contribution in [0.15, 0.2) is 12.4 Å². The van der Waals surface area contributed by atoms with E-state index in [-0.39, 0.29) is 18.9 Å². The van der Waals surface area contributed by atoms with E-state index in [2.05, 4.69) is 16.9 Å². The van der Waals surface area contributed by atoms with Crippen LogP contribution in [0.4, 0.5) is 0 Å². The molecule has 0 atom stereocenters. The largest absolute Gasteiger partial charge is 1.00 e. The van der Waals surface area contributed by atoms with Crippen LogP contribution in [-0.4, -0.2) is 4.98 Å². The Bertz CT molecular complexity index is 234. The van der Waals surface area contributed by atoms with Crippen LogP contribution in [-0.2, 0) is 6.42 Å². The van der Waals surface area contributed by atoms with Crippen molar-refractivity contribution in [2.24, 2.45) is 0 Å². The van der Waals surface area contributed by atoms with E-state index < -0.39 is 0 Å². The van der Waals surface area contributed by atoms with E-state index in [1.54, 1.807) is 12.4 Å². The average molecular weight is 228 g/mol. The van der Waals surface area contributed by atoms with Gasteiger partial charge < -0.3 is 9.97 Å². The summed E-state index contributed by atoms with van der Waals surface area (Å²) in [6.45, 7) is 2.27. The van der Waals surface area contributed by atoms with Crippen molar-refractivity contribution in [2.75, 3.05) is 0 Å². The SMILES string of the molecule is CCCCCCCCCCCc1ncc[n-]1.[Li+]. The van der Waals surface area contributed by atoms with Crippen LogP contribution in [0.2, 0.25) is 0 Å². The molecule has 0 spiro atoms. The molecule has 0 amide bonds. The minimum atomic E-state index is 0. The molecule has 0 bridgehead atoms. The normalized spacial score (nSPS) is 10.2. The number of rotatable bonds is 10. The van der Waals surface area contributed by atoms with Crippen molar-refractivity contribution in [3.8, 4) is 0 Å². The summed E-state index contributed by atoms with van der Waals surface area (Å²) >= 11 is 0. The summed E-state index contributed by atoms with van der Waals surface area (Å²) in [5.41, 5.74) is 0. The molecule has 0 radical (unpaired) electrons. The summed E-state index contributed by atoms with van der Waals surface area (Å²) in [4.78, 5) is 8.35. The Morgan fingerprint density at radius 1 is 0.941 bits per heavy atom. The summed E-state index contributed by atoms with van der Waals surface area (Å²) < 4.78 is 0. The third-order valence-corrected chi connectivity index (χ3v) is 3.02. The molecule has 17 heavy (non-hydrogen) atoms. The molecular formula is C14H25LiN2. The maximum absolute atomic E-state index is 4.17. The van der Waals surface area contributed by atoms with Gasteiger partial charge in [0, 0.05) is 0 Å². The van der Waals surface area contributed by atoms with E-state index in [1.165, 1.54) is 57.8 Å². The minimum Gasteiger partial charge on any atom is -0.446 e. The van der Waals surface area contributed by atoms with Gasteiger partial charge in [-0.1, -0.05) is 76.5 Å². The third-order valence-electron chi connectivity index (χ3n) is 3.02. The van der Waals surface area contributed by atoms with Crippen LogP contribution >= 0.6 is 0 Å². The van der Waals surface area contributed by atoms with Crippen LogP contribution in [0.5, 0.6) is 0 Å². The molecule has 3 heteroatoms. The molecule has 92 valence electrons. The van der Waals surface area contributed by atoms with E-state index in [9.17, 15) is 0 Å². The summed E-state index contributed by atoms with van der Waals surface area (Å²) in [7, 11) is 0. The standard InChI is InChI=1S/C14H25N2.Li/c1-2-3-4-5-6-7-8-9-10-11-14-15-12-13-16-14;/h12-13H,2-11H2,1H3;/q-1;+1. The summed E-state index contributed by atoms with van der Waals surface area (Å²) in [5.74, 6) is 1.02. The van der Waals surface area contributed by atoms with Crippen molar-refractivity contribution in [2.45, 2.75) is 71.1 Å². The number of aromatic nitrogens is 2. The van der Waals surface area contributed by atoms with Gasteiger partial charge in [-0.05, 0) is 12.8 Å². The summed E-state index contributed by atoms with van der Waals surface area (Å²) in [6, 6.07) is 0. The molecule has 0 unspecified atom stereocenters. The van der Waals surface area contributed by atoms with E-state index in [0.717, 1.165) is 12.2 Å². The Hall–Kier alpha value is -0.193. The van der Waals surface area contributed by atoms with Crippen molar-refractivity contribution in [3.05, 3.63) is 18.2 Å². The van der Waals surface area contributed by atoms with Gasteiger partial charge >= 0.3 is 18.9 Å². The Kier molecular flexibility index (Phi) is 12.1. The molecule has 1 heterocycles. The second kappa shape index (κ2) is 12.3. The number of imidazole rings is 1. The molecule has 0 aliphatic heterocycles. The Balaban J connectivity index is 0.00000256. The molecule has 0 aliphatic carbocycles. The van der Waals surface area contributed by atoms with Gasteiger partial charge in [0.05, 0.1) is 0 Å². The number of aryl methyl sites for hydroxylation is 1. The first kappa shape index (κ1) is 16.8.